The smallest absolute Gasteiger partial charge is 0.266 e. The standard InChI is InChI=1S/C22H18N4O/c1-2-16-7-3-5-9-20(16)25-22(27)17(14-24)13-18-15-26(12-11-23)21-10-6-4-8-19(18)21/h3-10,13,15H,2,12H2,1H3,(H,25,27). The van der Waals surface area contributed by atoms with Crippen molar-refractivity contribution >= 4 is 28.6 Å². The van der Waals surface area contributed by atoms with Gasteiger partial charge in [0.05, 0.1) is 6.07 Å². The number of aryl methyl sites for hydroxylation is 1. The molecule has 1 N–H and O–H groups in total. The summed E-state index contributed by atoms with van der Waals surface area (Å²) in [6.45, 7) is 2.21. The zero-order valence-electron chi connectivity index (χ0n) is 14.9. The summed E-state index contributed by atoms with van der Waals surface area (Å²) < 4.78 is 1.81. The maximum atomic E-state index is 12.6. The quantitative estimate of drug-likeness (QED) is 0.548. The Morgan fingerprint density at radius 2 is 1.89 bits per heavy atom. The second-order valence-corrected chi connectivity index (χ2v) is 6.02. The lowest BCUT2D eigenvalue weighted by Crippen LogP contribution is -2.14. The molecule has 2 aromatic carbocycles. The van der Waals surface area contributed by atoms with E-state index in [1.54, 1.807) is 16.8 Å². The van der Waals surface area contributed by atoms with Crippen molar-refractivity contribution in [1.29, 1.82) is 10.5 Å². The number of carbonyl (C=O) groups excluding carboxylic acids is 1. The van der Waals surface area contributed by atoms with E-state index in [0.717, 1.165) is 28.5 Å². The van der Waals surface area contributed by atoms with E-state index in [4.69, 9.17) is 5.26 Å². The molecule has 3 aromatic rings. The second kappa shape index (κ2) is 8.03. The molecule has 0 unspecified atom stereocenters. The van der Waals surface area contributed by atoms with Crippen LogP contribution in [0.3, 0.4) is 0 Å². The fraction of sp³-hybridized carbons (Fsp3) is 0.136. The Bertz CT molecular complexity index is 1110. The Hall–Kier alpha value is -3.83. The number of hydrogen-bond acceptors (Lipinski definition) is 3. The fourth-order valence-corrected chi connectivity index (χ4v) is 3.04. The van der Waals surface area contributed by atoms with E-state index in [9.17, 15) is 10.1 Å². The molecule has 1 amide bonds. The molecule has 0 atom stereocenters. The van der Waals surface area contributed by atoms with E-state index < -0.39 is 5.91 Å². The summed E-state index contributed by atoms with van der Waals surface area (Å²) in [6, 6.07) is 19.2. The van der Waals surface area contributed by atoms with Crippen molar-refractivity contribution in [3.63, 3.8) is 0 Å². The van der Waals surface area contributed by atoms with Crippen molar-refractivity contribution in [2.24, 2.45) is 0 Å². The lowest BCUT2D eigenvalue weighted by molar-refractivity contribution is -0.112. The van der Waals surface area contributed by atoms with Crippen LogP contribution in [0.5, 0.6) is 0 Å². The zero-order chi connectivity index (χ0) is 19.2. The van der Waals surface area contributed by atoms with Crippen LogP contribution in [-0.2, 0) is 17.8 Å². The number of hydrogen-bond donors (Lipinski definition) is 1. The van der Waals surface area contributed by atoms with Crippen LogP contribution in [0.2, 0.25) is 0 Å². The van der Waals surface area contributed by atoms with Gasteiger partial charge in [-0.15, -0.1) is 0 Å². The van der Waals surface area contributed by atoms with Gasteiger partial charge in [-0.25, -0.2) is 0 Å². The zero-order valence-corrected chi connectivity index (χ0v) is 14.9. The molecule has 0 aliphatic carbocycles. The summed E-state index contributed by atoms with van der Waals surface area (Å²) in [6.07, 6.45) is 4.14. The van der Waals surface area contributed by atoms with E-state index in [1.165, 1.54) is 0 Å². The molecule has 0 bridgehead atoms. The lowest BCUT2D eigenvalue weighted by Gasteiger charge is -2.08. The number of rotatable bonds is 5. The van der Waals surface area contributed by atoms with E-state index in [0.29, 0.717) is 5.69 Å². The van der Waals surface area contributed by atoms with Gasteiger partial charge in [0.1, 0.15) is 18.2 Å². The molecule has 27 heavy (non-hydrogen) atoms. The molecular formula is C22H18N4O. The first-order valence-corrected chi connectivity index (χ1v) is 8.63. The Morgan fingerprint density at radius 3 is 2.63 bits per heavy atom. The van der Waals surface area contributed by atoms with Crippen LogP contribution < -0.4 is 5.32 Å². The highest BCUT2D eigenvalue weighted by Crippen LogP contribution is 2.24. The molecule has 0 aliphatic heterocycles. The van der Waals surface area contributed by atoms with E-state index >= 15 is 0 Å². The topological polar surface area (TPSA) is 81.6 Å². The highest BCUT2D eigenvalue weighted by molar-refractivity contribution is 6.11. The molecular weight excluding hydrogens is 336 g/mol. The van der Waals surface area contributed by atoms with E-state index in [-0.39, 0.29) is 12.1 Å². The average molecular weight is 354 g/mol. The van der Waals surface area contributed by atoms with Gasteiger partial charge in [-0.05, 0) is 30.2 Å². The average Bonchev–Trinajstić information content (AvgIpc) is 3.04. The fourth-order valence-electron chi connectivity index (χ4n) is 3.04. The third-order valence-corrected chi connectivity index (χ3v) is 4.37. The van der Waals surface area contributed by atoms with Crippen LogP contribution in [-0.4, -0.2) is 10.5 Å². The molecule has 0 saturated carbocycles. The number of nitrogens with zero attached hydrogens (tertiary/aromatic N) is 3. The maximum absolute atomic E-state index is 12.6. The molecule has 3 rings (SSSR count). The highest BCUT2D eigenvalue weighted by atomic mass is 16.1. The number of para-hydroxylation sites is 2. The van der Waals surface area contributed by atoms with Gasteiger partial charge in [0.25, 0.3) is 5.91 Å². The summed E-state index contributed by atoms with van der Waals surface area (Å²) in [5.41, 5.74) is 3.35. The van der Waals surface area contributed by atoms with Gasteiger partial charge in [-0.3, -0.25) is 4.79 Å². The molecule has 0 radical (unpaired) electrons. The summed E-state index contributed by atoms with van der Waals surface area (Å²) in [4.78, 5) is 12.6. The molecule has 0 fully saturated rings. The molecule has 0 aliphatic rings. The minimum atomic E-state index is -0.449. The number of anilines is 1. The summed E-state index contributed by atoms with van der Waals surface area (Å²) >= 11 is 0. The van der Waals surface area contributed by atoms with Gasteiger partial charge in [0.2, 0.25) is 0 Å². The van der Waals surface area contributed by atoms with Crippen LogP contribution in [0.4, 0.5) is 5.69 Å². The predicted octanol–water partition coefficient (Wildman–Crippen LogP) is 4.27. The monoisotopic (exact) mass is 354 g/mol. The third-order valence-electron chi connectivity index (χ3n) is 4.37. The van der Waals surface area contributed by atoms with Crippen LogP contribution in [0, 0.1) is 22.7 Å². The van der Waals surface area contributed by atoms with Gasteiger partial charge in [-0.1, -0.05) is 43.3 Å². The minimum absolute atomic E-state index is 0.0146. The Kier molecular flexibility index (Phi) is 5.35. The van der Waals surface area contributed by atoms with Crippen molar-refractivity contribution in [3.05, 3.63) is 71.4 Å². The van der Waals surface area contributed by atoms with Crippen molar-refractivity contribution in [3.8, 4) is 12.1 Å². The normalized spacial score (nSPS) is 11.0. The van der Waals surface area contributed by atoms with Crippen molar-refractivity contribution < 1.29 is 4.79 Å². The van der Waals surface area contributed by atoms with Crippen molar-refractivity contribution in [2.45, 2.75) is 19.9 Å². The summed E-state index contributed by atoms with van der Waals surface area (Å²) in [5, 5.41) is 22.2. The number of aromatic nitrogens is 1. The summed E-state index contributed by atoms with van der Waals surface area (Å²) in [7, 11) is 0. The van der Waals surface area contributed by atoms with Gasteiger partial charge >= 0.3 is 0 Å². The van der Waals surface area contributed by atoms with Gasteiger partial charge in [0.15, 0.2) is 0 Å². The first-order valence-electron chi connectivity index (χ1n) is 8.63. The Morgan fingerprint density at radius 1 is 1.15 bits per heavy atom. The van der Waals surface area contributed by atoms with Gasteiger partial charge in [-0.2, -0.15) is 10.5 Å². The number of benzene rings is 2. The number of nitrogens with one attached hydrogen (secondary N) is 1. The Balaban J connectivity index is 1.97. The van der Waals surface area contributed by atoms with Gasteiger partial charge < -0.3 is 9.88 Å². The summed E-state index contributed by atoms with van der Waals surface area (Å²) in [5.74, 6) is -0.449. The number of nitriles is 2. The molecule has 0 saturated heterocycles. The largest absolute Gasteiger partial charge is 0.333 e. The maximum Gasteiger partial charge on any atom is 0.266 e. The molecule has 0 spiro atoms. The molecule has 1 aromatic heterocycles. The second-order valence-electron chi connectivity index (χ2n) is 6.02. The number of amides is 1. The lowest BCUT2D eigenvalue weighted by atomic mass is 10.1. The van der Waals surface area contributed by atoms with Crippen molar-refractivity contribution in [2.75, 3.05) is 5.32 Å². The first-order chi connectivity index (χ1) is 13.2. The van der Waals surface area contributed by atoms with Crippen molar-refractivity contribution in [1.82, 2.24) is 4.57 Å². The molecule has 1 heterocycles. The predicted molar refractivity (Wildman–Crippen MR) is 106 cm³/mol. The Labute approximate surface area is 157 Å². The van der Waals surface area contributed by atoms with Crippen LogP contribution in [0.25, 0.3) is 17.0 Å². The van der Waals surface area contributed by atoms with Gasteiger partial charge in [0, 0.05) is 28.4 Å². The molecule has 5 heteroatoms. The molecule has 132 valence electrons. The number of fused-ring (bicyclic) bond motifs is 1. The highest BCUT2D eigenvalue weighted by Gasteiger charge is 2.13. The minimum Gasteiger partial charge on any atom is -0.333 e. The van der Waals surface area contributed by atoms with E-state index in [1.807, 2.05) is 61.5 Å². The molecule has 5 nitrogen and oxygen atoms in total. The van der Waals surface area contributed by atoms with Crippen LogP contribution >= 0.6 is 0 Å². The van der Waals surface area contributed by atoms with E-state index in [2.05, 4.69) is 11.4 Å². The van der Waals surface area contributed by atoms with Crippen LogP contribution in [0.1, 0.15) is 18.1 Å². The van der Waals surface area contributed by atoms with Crippen LogP contribution in [0.15, 0.2) is 60.3 Å². The number of carbonyl (C=O) groups is 1. The SMILES string of the molecule is CCc1ccccc1NC(=O)C(C#N)=Cc1cn(CC#N)c2ccccc12. The first kappa shape index (κ1) is 18.0. The third kappa shape index (κ3) is 3.73.